The monoisotopic (exact) mass is 499 g/mol. The Bertz CT molecular complexity index is 1510. The largest absolute Gasteiger partial charge is 0.497 e. The van der Waals surface area contributed by atoms with Crippen LogP contribution in [0.3, 0.4) is 0 Å². The van der Waals surface area contributed by atoms with Crippen molar-refractivity contribution in [3.8, 4) is 22.8 Å². The fourth-order valence-corrected chi connectivity index (χ4v) is 4.53. The molecule has 1 atom stereocenters. The smallest absolute Gasteiger partial charge is 0.435 e. The quantitative estimate of drug-likeness (QED) is 0.311. The number of amides is 3. The first kappa shape index (κ1) is 23.3. The summed E-state index contributed by atoms with van der Waals surface area (Å²) >= 11 is 0. The molecule has 186 valence electrons. The van der Waals surface area contributed by atoms with Crippen LogP contribution in [-0.4, -0.2) is 38.9 Å². The number of aromatic nitrogens is 3. The third-order valence-electron chi connectivity index (χ3n) is 6.30. The van der Waals surface area contributed by atoms with Crippen LogP contribution in [0.25, 0.3) is 21.9 Å². The van der Waals surface area contributed by atoms with Gasteiger partial charge < -0.3 is 19.7 Å². The van der Waals surface area contributed by atoms with E-state index in [1.54, 1.807) is 24.4 Å². The number of fused-ring (bicyclic) bond motifs is 1. The number of H-pyrrole nitrogens is 1. The van der Waals surface area contributed by atoms with Gasteiger partial charge in [0, 0.05) is 28.2 Å². The summed E-state index contributed by atoms with van der Waals surface area (Å²) in [7, 11) is 1.49. The lowest BCUT2D eigenvalue weighted by molar-refractivity contribution is -0.140. The SMILES string of the molecule is COc1ccc2cn(C[C@@]3(c4ccc(-c5c(C(F)(F)F)n[nH]c5C)cc4)NC(=O)NC3=O)c(O)c2c1. The van der Waals surface area contributed by atoms with E-state index in [1.807, 2.05) is 0 Å². The summed E-state index contributed by atoms with van der Waals surface area (Å²) in [5.74, 6) is -0.274. The van der Waals surface area contributed by atoms with Gasteiger partial charge in [-0.25, -0.2) is 4.79 Å². The molecule has 1 aliphatic rings. The Morgan fingerprint density at radius 1 is 1.14 bits per heavy atom. The van der Waals surface area contributed by atoms with Crippen molar-refractivity contribution in [2.24, 2.45) is 0 Å². The highest BCUT2D eigenvalue weighted by molar-refractivity contribution is 6.07. The summed E-state index contributed by atoms with van der Waals surface area (Å²) in [6, 6.07) is 10.2. The highest BCUT2D eigenvalue weighted by Crippen LogP contribution is 2.39. The number of rotatable bonds is 5. The van der Waals surface area contributed by atoms with Crippen LogP contribution in [0.2, 0.25) is 0 Å². The average molecular weight is 499 g/mol. The van der Waals surface area contributed by atoms with Gasteiger partial charge in [-0.3, -0.25) is 15.2 Å². The van der Waals surface area contributed by atoms with E-state index in [0.29, 0.717) is 22.1 Å². The second-order valence-corrected chi connectivity index (χ2v) is 8.49. The van der Waals surface area contributed by atoms with Crippen molar-refractivity contribution in [1.29, 1.82) is 0 Å². The number of hydrogen-bond acceptors (Lipinski definition) is 5. The number of carbonyl (C=O) groups excluding carboxylic acids is 2. The van der Waals surface area contributed by atoms with Gasteiger partial charge in [0.2, 0.25) is 0 Å². The molecular weight excluding hydrogens is 479 g/mol. The first-order valence-electron chi connectivity index (χ1n) is 10.8. The standard InChI is InChI=1S/C24H20F3N5O4/c1-12-18(19(31-30-12)24(25,26)27)13-3-6-15(7-4-13)23(21(34)28-22(35)29-23)11-32-10-14-5-8-16(36-2)9-17(14)20(32)33/h3-10,33H,11H2,1-2H3,(H,30,31)(H2,28,29,34,35)/t23-/m0/s1. The Hall–Kier alpha value is -4.48. The molecule has 4 N–H and O–H groups in total. The molecule has 5 rings (SSSR count). The van der Waals surface area contributed by atoms with E-state index < -0.39 is 29.3 Å². The first-order valence-corrected chi connectivity index (χ1v) is 10.8. The van der Waals surface area contributed by atoms with Crippen LogP contribution in [0.15, 0.2) is 48.7 Å². The van der Waals surface area contributed by atoms with Crippen molar-refractivity contribution in [2.45, 2.75) is 25.2 Å². The molecule has 3 amide bonds. The molecule has 12 heteroatoms. The Balaban J connectivity index is 1.57. The molecule has 9 nitrogen and oxygen atoms in total. The number of urea groups is 1. The van der Waals surface area contributed by atoms with E-state index in [9.17, 15) is 27.9 Å². The van der Waals surface area contributed by atoms with Crippen molar-refractivity contribution in [2.75, 3.05) is 7.11 Å². The molecule has 1 fully saturated rings. The van der Waals surface area contributed by atoms with Crippen LogP contribution in [0.1, 0.15) is 17.0 Å². The maximum absolute atomic E-state index is 13.4. The maximum atomic E-state index is 13.4. The first-order chi connectivity index (χ1) is 17.0. The molecule has 0 bridgehead atoms. The summed E-state index contributed by atoms with van der Waals surface area (Å²) in [6.45, 7) is 1.30. The van der Waals surface area contributed by atoms with E-state index in [4.69, 9.17) is 4.74 Å². The minimum Gasteiger partial charge on any atom is -0.497 e. The van der Waals surface area contributed by atoms with Gasteiger partial charge in [0.05, 0.1) is 13.7 Å². The van der Waals surface area contributed by atoms with E-state index in [2.05, 4.69) is 20.8 Å². The number of carbonyl (C=O) groups is 2. The number of imide groups is 1. The lowest BCUT2D eigenvalue weighted by Gasteiger charge is -2.27. The number of halogens is 3. The van der Waals surface area contributed by atoms with Gasteiger partial charge in [0.15, 0.2) is 17.1 Å². The van der Waals surface area contributed by atoms with Crippen molar-refractivity contribution in [3.63, 3.8) is 0 Å². The van der Waals surface area contributed by atoms with Crippen LogP contribution in [0, 0.1) is 6.92 Å². The van der Waals surface area contributed by atoms with Gasteiger partial charge in [0.25, 0.3) is 5.91 Å². The second-order valence-electron chi connectivity index (χ2n) is 8.49. The summed E-state index contributed by atoms with van der Waals surface area (Å²) < 4.78 is 46.9. The number of benzene rings is 2. The average Bonchev–Trinajstić information content (AvgIpc) is 3.47. The molecule has 0 saturated carbocycles. The summed E-state index contributed by atoms with van der Waals surface area (Å²) in [6.07, 6.45) is -3.03. The van der Waals surface area contributed by atoms with Crippen LogP contribution in [-0.2, 0) is 23.1 Å². The third kappa shape index (κ3) is 3.61. The highest BCUT2D eigenvalue weighted by Gasteiger charge is 2.48. The minimum atomic E-state index is -4.66. The summed E-state index contributed by atoms with van der Waals surface area (Å²) in [4.78, 5) is 25.2. The molecule has 36 heavy (non-hydrogen) atoms. The number of nitrogens with zero attached hydrogens (tertiary/aromatic N) is 2. The van der Waals surface area contributed by atoms with E-state index in [0.717, 1.165) is 0 Å². The molecule has 0 unspecified atom stereocenters. The number of methoxy groups -OCH3 is 1. The molecule has 3 heterocycles. The lowest BCUT2D eigenvalue weighted by Crippen LogP contribution is -2.47. The number of aromatic amines is 1. The van der Waals surface area contributed by atoms with Crippen LogP contribution < -0.4 is 15.4 Å². The van der Waals surface area contributed by atoms with Crippen molar-refractivity contribution in [1.82, 2.24) is 25.4 Å². The molecule has 0 radical (unpaired) electrons. The number of nitrogens with one attached hydrogen (secondary N) is 3. The molecule has 1 saturated heterocycles. The summed E-state index contributed by atoms with van der Waals surface area (Å²) in [5.41, 5.74) is -1.99. The van der Waals surface area contributed by atoms with Gasteiger partial charge in [-0.05, 0) is 36.2 Å². The second kappa shape index (κ2) is 8.04. The van der Waals surface area contributed by atoms with Gasteiger partial charge in [-0.2, -0.15) is 18.3 Å². The Morgan fingerprint density at radius 2 is 1.86 bits per heavy atom. The predicted octanol–water partition coefficient (Wildman–Crippen LogP) is 3.81. The Morgan fingerprint density at radius 3 is 2.47 bits per heavy atom. The normalized spacial score (nSPS) is 17.9. The van der Waals surface area contributed by atoms with E-state index in [1.165, 1.54) is 42.9 Å². The lowest BCUT2D eigenvalue weighted by atomic mass is 9.88. The van der Waals surface area contributed by atoms with Gasteiger partial charge in [0.1, 0.15) is 5.75 Å². The van der Waals surface area contributed by atoms with Crippen molar-refractivity contribution < 1.29 is 32.6 Å². The molecule has 1 aliphatic heterocycles. The van der Waals surface area contributed by atoms with E-state index in [-0.39, 0.29) is 29.2 Å². The fraction of sp³-hybridized carbons (Fsp3) is 0.208. The topological polar surface area (TPSA) is 121 Å². The number of ether oxygens (including phenoxy) is 1. The van der Waals surface area contributed by atoms with Crippen LogP contribution >= 0.6 is 0 Å². The maximum Gasteiger partial charge on any atom is 0.435 e. The zero-order chi connectivity index (χ0) is 25.8. The molecule has 4 aromatic rings. The molecule has 2 aromatic heterocycles. The zero-order valence-electron chi connectivity index (χ0n) is 19.0. The number of aryl methyl sites for hydroxylation is 1. The third-order valence-corrected chi connectivity index (χ3v) is 6.30. The Labute approximate surface area is 201 Å². The number of alkyl halides is 3. The van der Waals surface area contributed by atoms with E-state index >= 15 is 0 Å². The highest BCUT2D eigenvalue weighted by atomic mass is 19.4. The van der Waals surface area contributed by atoms with Gasteiger partial charge in [-0.1, -0.05) is 24.3 Å². The van der Waals surface area contributed by atoms with Crippen LogP contribution in [0.4, 0.5) is 18.0 Å². The minimum absolute atomic E-state index is 0.105. The van der Waals surface area contributed by atoms with Crippen molar-refractivity contribution in [3.05, 3.63) is 65.6 Å². The molecule has 0 spiro atoms. The number of hydrogen-bond donors (Lipinski definition) is 4. The summed E-state index contributed by atoms with van der Waals surface area (Å²) in [5, 5.41) is 22.6. The molecular formula is C24H20F3N5O4. The number of aromatic hydroxyl groups is 1. The predicted molar refractivity (Wildman–Crippen MR) is 122 cm³/mol. The van der Waals surface area contributed by atoms with Crippen molar-refractivity contribution >= 4 is 22.7 Å². The fourth-order valence-electron chi connectivity index (χ4n) is 4.53. The van der Waals surface area contributed by atoms with Gasteiger partial charge >= 0.3 is 12.2 Å². The zero-order valence-corrected chi connectivity index (χ0v) is 19.0. The Kier molecular flexibility index (Phi) is 5.20. The van der Waals surface area contributed by atoms with Gasteiger partial charge in [-0.15, -0.1) is 0 Å². The molecule has 0 aliphatic carbocycles. The van der Waals surface area contributed by atoms with Crippen LogP contribution in [0.5, 0.6) is 11.6 Å². The molecule has 2 aromatic carbocycles.